The van der Waals surface area contributed by atoms with Gasteiger partial charge in [0.25, 0.3) is 0 Å². The van der Waals surface area contributed by atoms with E-state index >= 15 is 0 Å². The Hall–Kier alpha value is -1.52. The largest absolute Gasteiger partial charge is 0.479 e. The number of carboxylic acid groups (broad SMARTS) is 1. The van der Waals surface area contributed by atoms with Crippen molar-refractivity contribution in [2.24, 2.45) is 10.9 Å². The van der Waals surface area contributed by atoms with Crippen LogP contribution >= 0.6 is 0 Å². The highest BCUT2D eigenvalue weighted by Crippen LogP contribution is 2.20. The normalized spacial score (nSPS) is 18.4. The van der Waals surface area contributed by atoms with Crippen molar-refractivity contribution in [2.45, 2.75) is 51.5 Å². The van der Waals surface area contributed by atoms with Gasteiger partial charge in [-0.15, -0.1) is 6.58 Å². The third-order valence-electron chi connectivity index (χ3n) is 3.24. The summed E-state index contributed by atoms with van der Waals surface area (Å²) < 4.78 is 10.7. The highest BCUT2D eigenvalue weighted by molar-refractivity contribution is 5.74. The van der Waals surface area contributed by atoms with Crippen LogP contribution in [0.2, 0.25) is 0 Å². The molecule has 1 aliphatic rings. The zero-order chi connectivity index (χ0) is 14.8. The molecule has 1 rings (SSSR count). The quantitative estimate of drug-likeness (QED) is 0.443. The first-order valence-electron chi connectivity index (χ1n) is 7.28. The summed E-state index contributed by atoms with van der Waals surface area (Å²) in [6.07, 6.45) is 8.40. The van der Waals surface area contributed by atoms with Crippen LogP contribution in [0.25, 0.3) is 0 Å². The summed E-state index contributed by atoms with van der Waals surface area (Å²) in [7, 11) is 0. The SMILES string of the molecule is C=CC[C@H](C)COC(=NC1CCCCC1)OCC(=O)O. The molecule has 0 aromatic heterocycles. The highest BCUT2D eigenvalue weighted by atomic mass is 16.7. The molecule has 0 unspecified atom stereocenters. The summed E-state index contributed by atoms with van der Waals surface area (Å²) in [4.78, 5) is 15.0. The third kappa shape index (κ3) is 7.16. The van der Waals surface area contributed by atoms with Gasteiger partial charge in [-0.3, -0.25) is 0 Å². The molecule has 0 bridgehead atoms. The lowest BCUT2D eigenvalue weighted by Crippen LogP contribution is -2.22. The van der Waals surface area contributed by atoms with Gasteiger partial charge in [-0.1, -0.05) is 32.3 Å². The standard InChI is InChI=1S/C15H25NO4/c1-3-7-12(2)10-19-15(20-11-14(17)18)16-13-8-5-4-6-9-13/h3,12-13H,1,4-11H2,2H3,(H,17,18)/t12-/m0/s1. The second kappa shape index (κ2) is 9.39. The van der Waals surface area contributed by atoms with Crippen molar-refractivity contribution >= 4 is 12.1 Å². The average molecular weight is 283 g/mol. The Morgan fingerprint density at radius 2 is 2.10 bits per heavy atom. The van der Waals surface area contributed by atoms with Gasteiger partial charge in [-0.2, -0.15) is 0 Å². The monoisotopic (exact) mass is 283 g/mol. The van der Waals surface area contributed by atoms with E-state index in [1.54, 1.807) is 0 Å². The summed E-state index contributed by atoms with van der Waals surface area (Å²) >= 11 is 0. The van der Waals surface area contributed by atoms with E-state index in [4.69, 9.17) is 14.6 Å². The van der Waals surface area contributed by atoms with Gasteiger partial charge in [0.15, 0.2) is 6.61 Å². The Morgan fingerprint density at radius 1 is 1.40 bits per heavy atom. The van der Waals surface area contributed by atoms with Gasteiger partial charge >= 0.3 is 12.1 Å². The molecule has 1 saturated carbocycles. The molecule has 1 fully saturated rings. The van der Waals surface area contributed by atoms with E-state index in [9.17, 15) is 4.79 Å². The number of nitrogens with zero attached hydrogens (tertiary/aromatic N) is 1. The van der Waals surface area contributed by atoms with Crippen LogP contribution in [0.5, 0.6) is 0 Å². The van der Waals surface area contributed by atoms with Gasteiger partial charge < -0.3 is 14.6 Å². The van der Waals surface area contributed by atoms with Gasteiger partial charge in [0, 0.05) is 0 Å². The average Bonchev–Trinajstić information content (AvgIpc) is 2.43. The first-order valence-corrected chi connectivity index (χ1v) is 7.28. The van der Waals surface area contributed by atoms with E-state index in [2.05, 4.69) is 11.6 Å². The predicted octanol–water partition coefficient (Wildman–Crippen LogP) is 3.01. The van der Waals surface area contributed by atoms with Crippen molar-refractivity contribution in [3.63, 3.8) is 0 Å². The minimum atomic E-state index is -1.02. The van der Waals surface area contributed by atoms with Crippen LogP contribution in [0.4, 0.5) is 0 Å². The molecule has 0 saturated heterocycles. The number of hydrogen-bond acceptors (Lipinski definition) is 4. The molecular formula is C15H25NO4. The van der Waals surface area contributed by atoms with Crippen molar-refractivity contribution in [1.29, 1.82) is 0 Å². The molecular weight excluding hydrogens is 258 g/mol. The van der Waals surface area contributed by atoms with Gasteiger partial charge in [0.1, 0.15) is 0 Å². The Balaban J connectivity index is 2.51. The molecule has 0 radical (unpaired) electrons. The van der Waals surface area contributed by atoms with Crippen LogP contribution in [-0.2, 0) is 14.3 Å². The molecule has 0 spiro atoms. The van der Waals surface area contributed by atoms with E-state index in [1.807, 2.05) is 13.0 Å². The molecule has 0 aromatic rings. The summed E-state index contributed by atoms with van der Waals surface area (Å²) in [6.45, 7) is 5.77. The van der Waals surface area contributed by atoms with Crippen molar-refractivity contribution in [2.75, 3.05) is 13.2 Å². The van der Waals surface area contributed by atoms with Crippen LogP contribution in [-0.4, -0.2) is 36.4 Å². The minimum Gasteiger partial charge on any atom is -0.479 e. The number of rotatable bonds is 7. The van der Waals surface area contributed by atoms with E-state index in [0.29, 0.717) is 12.5 Å². The number of aliphatic carboxylic acids is 1. The second-order valence-corrected chi connectivity index (χ2v) is 5.31. The number of hydrogen-bond donors (Lipinski definition) is 1. The van der Waals surface area contributed by atoms with Crippen LogP contribution < -0.4 is 0 Å². The number of carbonyl (C=O) groups is 1. The maximum absolute atomic E-state index is 10.6. The number of allylic oxidation sites excluding steroid dienone is 1. The van der Waals surface area contributed by atoms with Crippen LogP contribution in [0.15, 0.2) is 17.6 Å². The Kier molecular flexibility index (Phi) is 7.77. The first kappa shape index (κ1) is 16.5. The fourth-order valence-corrected chi connectivity index (χ4v) is 2.16. The Morgan fingerprint density at radius 3 is 2.70 bits per heavy atom. The first-order chi connectivity index (χ1) is 9.61. The van der Waals surface area contributed by atoms with Crippen LogP contribution in [0.1, 0.15) is 45.4 Å². The van der Waals surface area contributed by atoms with Crippen molar-refractivity contribution < 1.29 is 19.4 Å². The maximum Gasteiger partial charge on any atom is 0.384 e. The molecule has 5 nitrogen and oxygen atoms in total. The minimum absolute atomic E-state index is 0.121. The zero-order valence-electron chi connectivity index (χ0n) is 12.2. The Bertz CT molecular complexity index is 335. The summed E-state index contributed by atoms with van der Waals surface area (Å²) in [5, 5.41) is 8.68. The fraction of sp³-hybridized carbons (Fsp3) is 0.733. The summed E-state index contributed by atoms with van der Waals surface area (Å²) in [6, 6.07) is 0.197. The summed E-state index contributed by atoms with van der Waals surface area (Å²) in [5.74, 6) is -0.721. The molecule has 5 heteroatoms. The lowest BCUT2D eigenvalue weighted by molar-refractivity contribution is -0.140. The summed E-state index contributed by atoms with van der Waals surface area (Å²) in [5.41, 5.74) is 0. The van der Waals surface area contributed by atoms with Crippen molar-refractivity contribution in [3.05, 3.63) is 12.7 Å². The molecule has 0 amide bonds. The van der Waals surface area contributed by atoms with E-state index in [0.717, 1.165) is 32.1 Å². The van der Waals surface area contributed by atoms with Gasteiger partial charge in [-0.25, -0.2) is 9.79 Å². The maximum atomic E-state index is 10.6. The molecule has 1 atom stereocenters. The smallest absolute Gasteiger partial charge is 0.384 e. The zero-order valence-corrected chi connectivity index (χ0v) is 12.2. The highest BCUT2D eigenvalue weighted by Gasteiger charge is 2.16. The third-order valence-corrected chi connectivity index (χ3v) is 3.24. The molecule has 0 heterocycles. The van der Waals surface area contributed by atoms with Crippen molar-refractivity contribution in [3.8, 4) is 0 Å². The number of aliphatic imine (C=N–C) groups is 1. The molecule has 20 heavy (non-hydrogen) atoms. The van der Waals surface area contributed by atoms with E-state index in [-0.39, 0.29) is 12.1 Å². The number of ether oxygens (including phenoxy) is 2. The van der Waals surface area contributed by atoms with Gasteiger partial charge in [0.05, 0.1) is 12.6 Å². The van der Waals surface area contributed by atoms with Crippen molar-refractivity contribution in [1.82, 2.24) is 0 Å². The lowest BCUT2D eigenvalue weighted by Gasteiger charge is -2.19. The number of carboxylic acids is 1. The van der Waals surface area contributed by atoms with Gasteiger partial charge in [-0.05, 0) is 25.2 Å². The van der Waals surface area contributed by atoms with Crippen LogP contribution in [0.3, 0.4) is 0 Å². The topological polar surface area (TPSA) is 68.1 Å². The molecule has 0 aliphatic heterocycles. The van der Waals surface area contributed by atoms with Crippen LogP contribution in [0, 0.1) is 5.92 Å². The van der Waals surface area contributed by atoms with E-state index in [1.165, 1.54) is 6.42 Å². The van der Waals surface area contributed by atoms with E-state index < -0.39 is 12.6 Å². The Labute approximate surface area is 120 Å². The second-order valence-electron chi connectivity index (χ2n) is 5.31. The molecule has 0 aromatic carbocycles. The molecule has 1 N–H and O–H groups in total. The molecule has 1 aliphatic carbocycles. The van der Waals surface area contributed by atoms with Gasteiger partial charge in [0.2, 0.25) is 0 Å². The lowest BCUT2D eigenvalue weighted by atomic mass is 9.96. The fourth-order valence-electron chi connectivity index (χ4n) is 2.16. The molecule has 114 valence electrons. The predicted molar refractivity (Wildman–Crippen MR) is 77.8 cm³/mol.